The Bertz CT molecular complexity index is 1430. The summed E-state index contributed by atoms with van der Waals surface area (Å²) < 4.78 is 3.82. The summed E-state index contributed by atoms with van der Waals surface area (Å²) in [5.41, 5.74) is 0.00741. The van der Waals surface area contributed by atoms with Crippen LogP contribution in [0, 0.1) is 22.7 Å². The average Bonchev–Trinajstić information content (AvgIpc) is 2.74. The molecule has 0 radical (unpaired) electrons. The summed E-state index contributed by atoms with van der Waals surface area (Å²) in [7, 11) is 0. The van der Waals surface area contributed by atoms with Crippen LogP contribution in [0.5, 0.6) is 0 Å². The quantitative estimate of drug-likeness (QED) is 0.405. The second-order valence-corrected chi connectivity index (χ2v) is 8.16. The standard InChI is InChI=1S/C20H10Br2N6O2/c21-11-1-3-15-13(7-11)19(29)27(17(9-23)25-15)5-6-28-18(10-24)26-16-4-2-12(22)8-14(16)20(28)30/h1-4,7-8H,5-6H2. The molecule has 0 bridgehead atoms. The lowest BCUT2D eigenvalue weighted by Crippen LogP contribution is -2.31. The van der Waals surface area contributed by atoms with Gasteiger partial charge in [-0.25, -0.2) is 9.97 Å². The summed E-state index contributed by atoms with van der Waals surface area (Å²) in [6.07, 6.45) is 0. The molecular weight excluding hydrogens is 516 g/mol. The lowest BCUT2D eigenvalue weighted by Gasteiger charge is -2.12. The Balaban J connectivity index is 1.84. The van der Waals surface area contributed by atoms with E-state index in [1.807, 2.05) is 12.1 Å². The molecule has 146 valence electrons. The van der Waals surface area contributed by atoms with E-state index in [-0.39, 0.29) is 24.7 Å². The fourth-order valence-electron chi connectivity index (χ4n) is 3.17. The highest BCUT2D eigenvalue weighted by molar-refractivity contribution is 9.10. The predicted molar refractivity (Wildman–Crippen MR) is 117 cm³/mol. The molecule has 8 nitrogen and oxygen atoms in total. The van der Waals surface area contributed by atoms with Crippen molar-refractivity contribution in [3.05, 3.63) is 77.7 Å². The normalized spacial score (nSPS) is 10.8. The van der Waals surface area contributed by atoms with Gasteiger partial charge in [0.2, 0.25) is 11.6 Å². The van der Waals surface area contributed by atoms with Crippen molar-refractivity contribution in [3.63, 3.8) is 0 Å². The molecule has 0 aliphatic carbocycles. The van der Waals surface area contributed by atoms with E-state index in [0.717, 1.165) is 0 Å². The van der Waals surface area contributed by atoms with Crippen molar-refractivity contribution in [1.29, 1.82) is 10.5 Å². The molecule has 4 aromatic rings. The second-order valence-electron chi connectivity index (χ2n) is 6.33. The molecule has 0 fully saturated rings. The number of hydrogen-bond donors (Lipinski definition) is 0. The summed E-state index contributed by atoms with van der Waals surface area (Å²) in [6, 6.07) is 13.9. The first kappa shape index (κ1) is 20.0. The van der Waals surface area contributed by atoms with Gasteiger partial charge < -0.3 is 0 Å². The van der Waals surface area contributed by atoms with Crippen molar-refractivity contribution < 1.29 is 0 Å². The van der Waals surface area contributed by atoms with Gasteiger partial charge in [0, 0.05) is 22.0 Å². The smallest absolute Gasteiger partial charge is 0.262 e. The monoisotopic (exact) mass is 524 g/mol. The summed E-state index contributed by atoms with van der Waals surface area (Å²) in [6.45, 7) is -0.0418. The molecule has 0 aliphatic heterocycles. The van der Waals surface area contributed by atoms with Crippen LogP contribution in [0.1, 0.15) is 11.6 Å². The maximum atomic E-state index is 13.0. The van der Waals surface area contributed by atoms with E-state index < -0.39 is 11.1 Å². The summed E-state index contributed by atoms with van der Waals surface area (Å²) in [4.78, 5) is 34.4. The molecule has 2 heterocycles. The molecule has 2 aromatic heterocycles. The molecule has 0 spiro atoms. The molecule has 0 amide bonds. The van der Waals surface area contributed by atoms with Crippen LogP contribution in [0.2, 0.25) is 0 Å². The van der Waals surface area contributed by atoms with Crippen molar-refractivity contribution >= 4 is 53.7 Å². The third-order valence-electron chi connectivity index (χ3n) is 4.58. The van der Waals surface area contributed by atoms with E-state index in [1.165, 1.54) is 9.13 Å². The minimum absolute atomic E-state index is 0.0209. The maximum absolute atomic E-state index is 13.0. The first-order valence-electron chi connectivity index (χ1n) is 8.63. The van der Waals surface area contributed by atoms with Crippen LogP contribution < -0.4 is 11.1 Å². The van der Waals surface area contributed by atoms with Gasteiger partial charge >= 0.3 is 0 Å². The van der Waals surface area contributed by atoms with Crippen molar-refractivity contribution in [2.24, 2.45) is 0 Å². The molecular formula is C20H10Br2N6O2. The van der Waals surface area contributed by atoms with Crippen molar-refractivity contribution in [2.45, 2.75) is 13.1 Å². The molecule has 30 heavy (non-hydrogen) atoms. The maximum Gasteiger partial charge on any atom is 0.262 e. The predicted octanol–water partition coefficient (Wildman–Crippen LogP) is 3.07. The molecule has 10 heteroatoms. The van der Waals surface area contributed by atoms with Crippen LogP contribution in [0.15, 0.2) is 54.9 Å². The van der Waals surface area contributed by atoms with Gasteiger partial charge in [-0.3, -0.25) is 18.7 Å². The van der Waals surface area contributed by atoms with E-state index in [0.29, 0.717) is 30.8 Å². The van der Waals surface area contributed by atoms with Crippen molar-refractivity contribution in [2.75, 3.05) is 0 Å². The molecule has 0 N–H and O–H groups in total. The van der Waals surface area contributed by atoms with Crippen LogP contribution in [0.3, 0.4) is 0 Å². The van der Waals surface area contributed by atoms with Crippen LogP contribution >= 0.6 is 31.9 Å². The third-order valence-corrected chi connectivity index (χ3v) is 5.57. The Morgan fingerprint density at radius 2 is 1.17 bits per heavy atom. The molecule has 0 aliphatic rings. The SMILES string of the molecule is N#Cc1nc2ccc(Br)cc2c(=O)n1CCn1c(C#N)nc2ccc(Br)cc2c1=O. The van der Waals surface area contributed by atoms with E-state index >= 15 is 0 Å². The molecule has 0 saturated heterocycles. The van der Waals surface area contributed by atoms with Gasteiger partial charge in [-0.1, -0.05) is 31.9 Å². The minimum Gasteiger partial charge on any atom is -0.282 e. The largest absolute Gasteiger partial charge is 0.282 e. The highest BCUT2D eigenvalue weighted by Gasteiger charge is 2.15. The number of aromatic nitrogens is 4. The average molecular weight is 526 g/mol. The van der Waals surface area contributed by atoms with E-state index in [9.17, 15) is 20.1 Å². The van der Waals surface area contributed by atoms with Gasteiger partial charge in [-0.05, 0) is 36.4 Å². The number of halogens is 2. The number of rotatable bonds is 3. The first-order valence-corrected chi connectivity index (χ1v) is 10.2. The summed E-state index contributed by atoms with van der Waals surface area (Å²) in [5.74, 6) is -0.143. The molecule has 0 saturated carbocycles. The number of benzene rings is 2. The highest BCUT2D eigenvalue weighted by atomic mass is 79.9. The van der Waals surface area contributed by atoms with Crippen LogP contribution in [0.4, 0.5) is 0 Å². The fraction of sp³-hybridized carbons (Fsp3) is 0.100. The fourth-order valence-corrected chi connectivity index (χ4v) is 3.89. The summed E-state index contributed by atoms with van der Waals surface area (Å²) >= 11 is 6.65. The van der Waals surface area contributed by atoms with Crippen molar-refractivity contribution in [3.8, 4) is 12.1 Å². The Labute approximate surface area is 185 Å². The van der Waals surface area contributed by atoms with E-state index in [2.05, 4.69) is 41.8 Å². The zero-order valence-corrected chi connectivity index (χ0v) is 18.3. The van der Waals surface area contributed by atoms with Gasteiger partial charge in [-0.15, -0.1) is 0 Å². The third kappa shape index (κ3) is 3.41. The first-order chi connectivity index (χ1) is 14.4. The summed E-state index contributed by atoms with van der Waals surface area (Å²) in [5, 5.41) is 19.6. The highest BCUT2D eigenvalue weighted by Crippen LogP contribution is 2.17. The van der Waals surface area contributed by atoms with Crippen molar-refractivity contribution in [1.82, 2.24) is 19.1 Å². The van der Waals surface area contributed by atoms with Gasteiger partial charge in [0.05, 0.1) is 21.8 Å². The van der Waals surface area contributed by atoms with Crippen LogP contribution in [-0.2, 0) is 13.1 Å². The topological polar surface area (TPSA) is 117 Å². The Kier molecular flexibility index (Phi) is 5.20. The van der Waals surface area contributed by atoms with Crippen LogP contribution in [-0.4, -0.2) is 19.1 Å². The van der Waals surface area contributed by atoms with Crippen LogP contribution in [0.25, 0.3) is 21.8 Å². The van der Waals surface area contributed by atoms with Gasteiger partial charge in [0.25, 0.3) is 11.1 Å². The Hall–Kier alpha value is -3.34. The number of nitrogens with zero attached hydrogens (tertiary/aromatic N) is 6. The number of hydrogen-bond acceptors (Lipinski definition) is 6. The molecule has 0 atom stereocenters. The lowest BCUT2D eigenvalue weighted by atomic mass is 10.2. The van der Waals surface area contributed by atoms with Gasteiger partial charge in [-0.2, -0.15) is 10.5 Å². The molecule has 4 rings (SSSR count). The molecule has 2 aromatic carbocycles. The van der Waals surface area contributed by atoms with E-state index in [1.54, 1.807) is 36.4 Å². The minimum atomic E-state index is -0.402. The van der Waals surface area contributed by atoms with E-state index in [4.69, 9.17) is 0 Å². The lowest BCUT2D eigenvalue weighted by molar-refractivity contribution is 0.538. The van der Waals surface area contributed by atoms with Gasteiger partial charge in [0.15, 0.2) is 0 Å². The number of fused-ring (bicyclic) bond motifs is 2. The molecule has 0 unspecified atom stereocenters. The van der Waals surface area contributed by atoms with Gasteiger partial charge in [0.1, 0.15) is 12.1 Å². The Morgan fingerprint density at radius 1 is 0.767 bits per heavy atom. The number of nitriles is 2. The zero-order chi connectivity index (χ0) is 21.4. The Morgan fingerprint density at radius 3 is 1.53 bits per heavy atom. The second kappa shape index (κ2) is 7.82. The zero-order valence-electron chi connectivity index (χ0n) is 15.1.